The molecule has 6 nitrogen and oxygen atoms in total. The van der Waals surface area contributed by atoms with Crippen molar-refractivity contribution in [3.63, 3.8) is 0 Å². The zero-order chi connectivity index (χ0) is 16.9. The first kappa shape index (κ1) is 15.5. The van der Waals surface area contributed by atoms with Crippen molar-refractivity contribution in [2.75, 3.05) is 5.32 Å². The van der Waals surface area contributed by atoms with Gasteiger partial charge in [0.15, 0.2) is 11.4 Å². The van der Waals surface area contributed by atoms with Crippen molar-refractivity contribution in [2.45, 2.75) is 19.3 Å². The molecule has 0 aliphatic heterocycles. The molecule has 1 aromatic carbocycles. The van der Waals surface area contributed by atoms with Crippen molar-refractivity contribution in [2.24, 2.45) is 5.92 Å². The van der Waals surface area contributed by atoms with Gasteiger partial charge in [-0.25, -0.2) is 4.98 Å². The number of anilines is 2. The van der Waals surface area contributed by atoms with E-state index in [9.17, 15) is 15.3 Å². The molecule has 0 radical (unpaired) electrons. The summed E-state index contributed by atoms with van der Waals surface area (Å²) in [7, 11) is 0. The standard InChI is InChI=1S/C18H15N5O/c19-10-13-7-3-4-8-15(13)21-17-14(11-20)18(24)23-16(22-17)9-12-5-1-2-6-12/h1,3-5,7-8,12H,2,6,9H2,(H2,21,22,23,24). The number of nitrogens with one attached hydrogen (secondary N) is 2. The second-order valence-corrected chi connectivity index (χ2v) is 5.60. The highest BCUT2D eigenvalue weighted by molar-refractivity contribution is 5.67. The number of nitrogens with zero attached hydrogens (tertiary/aromatic N) is 3. The van der Waals surface area contributed by atoms with Crippen LogP contribution in [0.4, 0.5) is 11.5 Å². The van der Waals surface area contributed by atoms with Gasteiger partial charge in [-0.15, -0.1) is 0 Å². The molecule has 2 N–H and O–H groups in total. The van der Waals surface area contributed by atoms with Gasteiger partial charge in [0, 0.05) is 6.42 Å². The topological polar surface area (TPSA) is 105 Å². The third kappa shape index (κ3) is 3.18. The van der Waals surface area contributed by atoms with Crippen LogP contribution in [0, 0.1) is 28.6 Å². The second-order valence-electron chi connectivity index (χ2n) is 5.60. The summed E-state index contributed by atoms with van der Waals surface area (Å²) in [6, 6.07) is 10.8. The number of H-pyrrole nitrogens is 1. The molecule has 1 aliphatic rings. The summed E-state index contributed by atoms with van der Waals surface area (Å²) < 4.78 is 0. The van der Waals surface area contributed by atoms with Crippen molar-refractivity contribution in [3.05, 3.63) is 63.7 Å². The van der Waals surface area contributed by atoms with Crippen LogP contribution in [0.5, 0.6) is 0 Å². The summed E-state index contributed by atoms with van der Waals surface area (Å²) >= 11 is 0. The van der Waals surface area contributed by atoms with Crippen LogP contribution in [-0.2, 0) is 6.42 Å². The Bertz CT molecular complexity index is 930. The molecule has 1 heterocycles. The van der Waals surface area contributed by atoms with Gasteiger partial charge in [0.2, 0.25) is 0 Å². The van der Waals surface area contributed by atoms with E-state index in [4.69, 9.17) is 0 Å². The second kappa shape index (κ2) is 6.80. The van der Waals surface area contributed by atoms with E-state index in [1.165, 1.54) is 0 Å². The van der Waals surface area contributed by atoms with Gasteiger partial charge >= 0.3 is 0 Å². The molecule has 1 atom stereocenters. The number of nitriles is 2. The van der Waals surface area contributed by atoms with Gasteiger partial charge in [0.25, 0.3) is 5.56 Å². The number of hydrogen-bond acceptors (Lipinski definition) is 5. The summed E-state index contributed by atoms with van der Waals surface area (Å²) in [5, 5.41) is 21.4. The van der Waals surface area contributed by atoms with E-state index in [0.717, 1.165) is 12.8 Å². The van der Waals surface area contributed by atoms with E-state index >= 15 is 0 Å². The molecule has 0 saturated carbocycles. The Morgan fingerprint density at radius 3 is 2.83 bits per heavy atom. The van der Waals surface area contributed by atoms with Crippen molar-refractivity contribution in [1.29, 1.82) is 10.5 Å². The molecule has 0 saturated heterocycles. The van der Waals surface area contributed by atoms with Gasteiger partial charge in [0.05, 0.1) is 11.3 Å². The van der Waals surface area contributed by atoms with E-state index in [-0.39, 0.29) is 11.4 Å². The summed E-state index contributed by atoms with van der Waals surface area (Å²) in [6.45, 7) is 0. The van der Waals surface area contributed by atoms with E-state index < -0.39 is 5.56 Å². The lowest BCUT2D eigenvalue weighted by atomic mass is 10.1. The molecule has 0 spiro atoms. The Balaban J connectivity index is 1.97. The van der Waals surface area contributed by atoms with Crippen LogP contribution in [-0.4, -0.2) is 9.97 Å². The zero-order valence-corrected chi connectivity index (χ0v) is 12.9. The van der Waals surface area contributed by atoms with Crippen LogP contribution >= 0.6 is 0 Å². The number of hydrogen-bond donors (Lipinski definition) is 2. The predicted molar refractivity (Wildman–Crippen MR) is 89.6 cm³/mol. The largest absolute Gasteiger partial charge is 0.338 e. The molecule has 3 rings (SSSR count). The van der Waals surface area contributed by atoms with Gasteiger partial charge in [-0.3, -0.25) is 4.79 Å². The molecule has 1 aromatic heterocycles. The first-order valence-corrected chi connectivity index (χ1v) is 7.67. The maximum atomic E-state index is 12.2. The number of aromatic nitrogens is 2. The van der Waals surface area contributed by atoms with Crippen molar-refractivity contribution in [3.8, 4) is 12.1 Å². The van der Waals surface area contributed by atoms with Gasteiger partial charge in [-0.2, -0.15) is 10.5 Å². The fraction of sp³-hybridized carbons (Fsp3) is 0.222. The van der Waals surface area contributed by atoms with Crippen LogP contribution in [0.2, 0.25) is 0 Å². The van der Waals surface area contributed by atoms with Gasteiger partial charge in [-0.1, -0.05) is 24.3 Å². The molecule has 2 aromatic rings. The predicted octanol–water partition coefficient (Wildman–Crippen LogP) is 2.77. The first-order valence-electron chi connectivity index (χ1n) is 7.67. The number of aromatic amines is 1. The lowest BCUT2D eigenvalue weighted by molar-refractivity contribution is 0.607. The summed E-state index contributed by atoms with van der Waals surface area (Å²) in [6.07, 6.45) is 6.92. The smallest absolute Gasteiger partial charge is 0.271 e. The van der Waals surface area contributed by atoms with Gasteiger partial charge in [-0.05, 0) is 30.9 Å². The Morgan fingerprint density at radius 2 is 2.12 bits per heavy atom. The minimum atomic E-state index is -0.471. The summed E-state index contributed by atoms with van der Waals surface area (Å²) in [5.41, 5.74) is 0.375. The highest BCUT2D eigenvalue weighted by Crippen LogP contribution is 2.23. The van der Waals surface area contributed by atoms with E-state index in [1.807, 2.05) is 6.07 Å². The Kier molecular flexibility index (Phi) is 4.40. The van der Waals surface area contributed by atoms with Crippen molar-refractivity contribution >= 4 is 11.5 Å². The average molecular weight is 317 g/mol. The number of allylic oxidation sites excluding steroid dienone is 2. The molecule has 1 aliphatic carbocycles. The monoisotopic (exact) mass is 317 g/mol. The van der Waals surface area contributed by atoms with Crippen LogP contribution < -0.4 is 10.9 Å². The molecular weight excluding hydrogens is 302 g/mol. The summed E-state index contributed by atoms with van der Waals surface area (Å²) in [5.74, 6) is 1.06. The molecule has 6 heteroatoms. The average Bonchev–Trinajstić information content (AvgIpc) is 3.08. The number of rotatable bonds is 4. The van der Waals surface area contributed by atoms with Crippen molar-refractivity contribution < 1.29 is 0 Å². The Morgan fingerprint density at radius 1 is 1.29 bits per heavy atom. The summed E-state index contributed by atoms with van der Waals surface area (Å²) in [4.78, 5) is 19.3. The SMILES string of the molecule is N#Cc1ccccc1Nc1nc(CC2C=CCC2)[nH]c(=O)c1C#N. The van der Waals surface area contributed by atoms with Crippen LogP contribution in [0.1, 0.15) is 29.8 Å². The molecule has 1 unspecified atom stereocenters. The van der Waals surface area contributed by atoms with Gasteiger partial charge in [0.1, 0.15) is 18.0 Å². The lowest BCUT2D eigenvalue weighted by Gasteiger charge is -2.11. The van der Waals surface area contributed by atoms with E-state index in [2.05, 4.69) is 33.5 Å². The zero-order valence-electron chi connectivity index (χ0n) is 12.9. The molecule has 0 fully saturated rings. The number of para-hydroxylation sites is 1. The van der Waals surface area contributed by atoms with Crippen LogP contribution in [0.3, 0.4) is 0 Å². The molecular formula is C18H15N5O. The Hall–Kier alpha value is -3.38. The van der Waals surface area contributed by atoms with Crippen LogP contribution in [0.25, 0.3) is 0 Å². The third-order valence-electron chi connectivity index (χ3n) is 3.95. The maximum Gasteiger partial charge on any atom is 0.271 e. The molecule has 118 valence electrons. The number of benzene rings is 1. The minimum absolute atomic E-state index is 0.0894. The quantitative estimate of drug-likeness (QED) is 0.843. The first-order chi connectivity index (χ1) is 11.7. The lowest BCUT2D eigenvalue weighted by Crippen LogP contribution is -2.19. The fourth-order valence-corrected chi connectivity index (χ4v) is 2.74. The van der Waals surface area contributed by atoms with Crippen molar-refractivity contribution in [1.82, 2.24) is 9.97 Å². The van der Waals surface area contributed by atoms with E-state index in [1.54, 1.807) is 24.3 Å². The highest BCUT2D eigenvalue weighted by atomic mass is 16.1. The normalized spacial score (nSPS) is 15.7. The highest BCUT2D eigenvalue weighted by Gasteiger charge is 2.16. The Labute approximate surface area is 139 Å². The third-order valence-corrected chi connectivity index (χ3v) is 3.95. The maximum absolute atomic E-state index is 12.2. The minimum Gasteiger partial charge on any atom is -0.338 e. The molecule has 0 bridgehead atoms. The van der Waals surface area contributed by atoms with Gasteiger partial charge < -0.3 is 10.3 Å². The molecule has 24 heavy (non-hydrogen) atoms. The van der Waals surface area contributed by atoms with Crippen LogP contribution in [0.15, 0.2) is 41.2 Å². The fourth-order valence-electron chi connectivity index (χ4n) is 2.74. The van der Waals surface area contributed by atoms with E-state index in [0.29, 0.717) is 29.4 Å². The molecule has 0 amide bonds.